The molecule has 0 N–H and O–H groups in total. The zero-order chi connectivity index (χ0) is 17.9. The predicted octanol–water partition coefficient (Wildman–Crippen LogP) is 2.35. The third kappa shape index (κ3) is 4.18. The number of piperazine rings is 1. The summed E-state index contributed by atoms with van der Waals surface area (Å²) in [4.78, 5) is 13.9. The number of benzene rings is 1. The van der Waals surface area contributed by atoms with E-state index >= 15 is 0 Å². The normalized spacial score (nSPS) is 16.4. The van der Waals surface area contributed by atoms with E-state index in [1.165, 1.54) is 9.71 Å². The van der Waals surface area contributed by atoms with Gasteiger partial charge in [0.2, 0.25) is 10.0 Å². The minimum Gasteiger partial charge on any atom is -0.456 e. The Balaban J connectivity index is 1.61. The molecule has 1 aliphatic heterocycles. The van der Waals surface area contributed by atoms with Gasteiger partial charge < -0.3 is 9.32 Å². The van der Waals surface area contributed by atoms with E-state index in [0.29, 0.717) is 18.8 Å². The Morgan fingerprint density at radius 3 is 2.32 bits per heavy atom. The van der Waals surface area contributed by atoms with E-state index in [0.717, 1.165) is 5.56 Å². The fourth-order valence-electron chi connectivity index (χ4n) is 2.67. The van der Waals surface area contributed by atoms with E-state index in [4.69, 9.17) is 4.42 Å². The Labute approximate surface area is 147 Å². The van der Waals surface area contributed by atoms with Crippen LogP contribution < -0.4 is 0 Å². The van der Waals surface area contributed by atoms with Crippen LogP contribution in [-0.2, 0) is 10.0 Å². The summed E-state index contributed by atoms with van der Waals surface area (Å²) < 4.78 is 31.6. The lowest BCUT2D eigenvalue weighted by Crippen LogP contribution is -2.50. The van der Waals surface area contributed by atoms with E-state index in [1.807, 2.05) is 30.3 Å². The van der Waals surface area contributed by atoms with Crippen molar-refractivity contribution in [2.75, 3.05) is 26.2 Å². The minimum absolute atomic E-state index is 0.204. The summed E-state index contributed by atoms with van der Waals surface area (Å²) in [5, 5.41) is 1.22. The molecule has 132 valence electrons. The molecule has 1 amide bonds. The number of aryl methyl sites for hydroxylation is 1. The summed E-state index contributed by atoms with van der Waals surface area (Å²) in [6, 6.07) is 12.6. The van der Waals surface area contributed by atoms with Gasteiger partial charge in [0.15, 0.2) is 5.76 Å². The van der Waals surface area contributed by atoms with Gasteiger partial charge >= 0.3 is 0 Å². The van der Waals surface area contributed by atoms with Crippen LogP contribution in [0.15, 0.2) is 52.3 Å². The first-order valence-corrected chi connectivity index (χ1v) is 9.55. The number of nitrogens with zero attached hydrogens (tertiary/aromatic N) is 2. The van der Waals surface area contributed by atoms with Crippen molar-refractivity contribution in [3.05, 3.63) is 65.0 Å². The third-order valence-electron chi connectivity index (χ3n) is 4.07. The molecule has 0 atom stereocenters. The molecular formula is C18H20N2O4S. The van der Waals surface area contributed by atoms with Crippen LogP contribution in [0.25, 0.3) is 6.08 Å². The first-order chi connectivity index (χ1) is 12.0. The molecule has 1 fully saturated rings. The number of sulfonamides is 1. The first-order valence-electron chi connectivity index (χ1n) is 8.05. The number of carbonyl (C=O) groups excluding carboxylic acids is 1. The quantitative estimate of drug-likeness (QED) is 0.839. The molecule has 0 aliphatic carbocycles. The molecule has 1 aromatic carbocycles. The molecular weight excluding hydrogens is 340 g/mol. The molecule has 1 saturated heterocycles. The SMILES string of the molecule is Cc1ccc(C(=O)N2CCN(S(=O)(=O)/C=C/c3ccccc3)CC2)o1. The minimum atomic E-state index is -3.50. The van der Waals surface area contributed by atoms with Crippen LogP contribution >= 0.6 is 0 Å². The first kappa shape index (κ1) is 17.4. The zero-order valence-corrected chi connectivity index (χ0v) is 14.8. The van der Waals surface area contributed by atoms with Gasteiger partial charge in [-0.3, -0.25) is 4.79 Å². The monoisotopic (exact) mass is 360 g/mol. The Bertz CT molecular complexity index is 863. The van der Waals surface area contributed by atoms with Crippen molar-refractivity contribution >= 4 is 22.0 Å². The number of carbonyl (C=O) groups is 1. The summed E-state index contributed by atoms with van der Waals surface area (Å²) in [7, 11) is -3.50. The summed E-state index contributed by atoms with van der Waals surface area (Å²) in [6.45, 7) is 3.01. The summed E-state index contributed by atoms with van der Waals surface area (Å²) in [5.74, 6) is 0.762. The van der Waals surface area contributed by atoms with Crippen molar-refractivity contribution in [1.29, 1.82) is 0 Å². The van der Waals surface area contributed by atoms with Gasteiger partial charge in [0.25, 0.3) is 5.91 Å². The van der Waals surface area contributed by atoms with Crippen LogP contribution in [0, 0.1) is 6.92 Å². The Hall–Kier alpha value is -2.38. The molecule has 0 spiro atoms. The lowest BCUT2D eigenvalue weighted by molar-refractivity contribution is 0.0665. The van der Waals surface area contributed by atoms with Crippen LogP contribution in [0.4, 0.5) is 0 Å². The van der Waals surface area contributed by atoms with E-state index < -0.39 is 10.0 Å². The van der Waals surface area contributed by atoms with Gasteiger partial charge in [-0.15, -0.1) is 0 Å². The van der Waals surface area contributed by atoms with E-state index in [1.54, 1.807) is 30.0 Å². The highest BCUT2D eigenvalue weighted by Gasteiger charge is 2.28. The molecule has 25 heavy (non-hydrogen) atoms. The fourth-order valence-corrected chi connectivity index (χ4v) is 3.84. The van der Waals surface area contributed by atoms with Crippen molar-refractivity contribution in [2.45, 2.75) is 6.92 Å². The van der Waals surface area contributed by atoms with E-state index in [2.05, 4.69) is 0 Å². The molecule has 2 heterocycles. The van der Waals surface area contributed by atoms with Crippen LogP contribution in [0.5, 0.6) is 0 Å². The number of hydrogen-bond acceptors (Lipinski definition) is 4. The highest BCUT2D eigenvalue weighted by atomic mass is 32.2. The summed E-state index contributed by atoms with van der Waals surface area (Å²) in [6.07, 6.45) is 1.58. The summed E-state index contributed by atoms with van der Waals surface area (Å²) in [5.41, 5.74) is 0.827. The van der Waals surface area contributed by atoms with Gasteiger partial charge in [-0.2, -0.15) is 4.31 Å². The lowest BCUT2D eigenvalue weighted by Gasteiger charge is -2.32. The third-order valence-corrected chi connectivity index (χ3v) is 5.63. The second-order valence-electron chi connectivity index (χ2n) is 5.86. The number of rotatable bonds is 4. The maximum Gasteiger partial charge on any atom is 0.289 e. The topological polar surface area (TPSA) is 70.8 Å². The van der Waals surface area contributed by atoms with Crippen molar-refractivity contribution < 1.29 is 17.6 Å². The second-order valence-corrected chi connectivity index (χ2v) is 7.68. The zero-order valence-electron chi connectivity index (χ0n) is 14.0. The molecule has 0 saturated carbocycles. The van der Waals surface area contributed by atoms with Gasteiger partial charge in [0.05, 0.1) is 0 Å². The number of hydrogen-bond donors (Lipinski definition) is 0. The average molecular weight is 360 g/mol. The van der Waals surface area contributed by atoms with Gasteiger partial charge in [-0.25, -0.2) is 8.42 Å². The van der Waals surface area contributed by atoms with Crippen molar-refractivity contribution in [1.82, 2.24) is 9.21 Å². The maximum absolute atomic E-state index is 12.4. The lowest BCUT2D eigenvalue weighted by atomic mass is 10.2. The van der Waals surface area contributed by atoms with Gasteiger partial charge in [-0.05, 0) is 30.7 Å². The van der Waals surface area contributed by atoms with Gasteiger partial charge in [0.1, 0.15) is 5.76 Å². The van der Waals surface area contributed by atoms with Crippen molar-refractivity contribution in [2.24, 2.45) is 0 Å². The molecule has 1 aromatic heterocycles. The van der Waals surface area contributed by atoms with Crippen LogP contribution in [0.1, 0.15) is 21.9 Å². The number of furan rings is 1. The van der Waals surface area contributed by atoms with Crippen molar-refractivity contribution in [3.63, 3.8) is 0 Å². The molecule has 7 heteroatoms. The molecule has 0 unspecified atom stereocenters. The predicted molar refractivity (Wildman–Crippen MR) is 95.3 cm³/mol. The molecule has 0 bridgehead atoms. The summed E-state index contributed by atoms with van der Waals surface area (Å²) >= 11 is 0. The average Bonchev–Trinajstić information content (AvgIpc) is 3.07. The highest BCUT2D eigenvalue weighted by Crippen LogP contribution is 2.15. The van der Waals surface area contributed by atoms with Gasteiger partial charge in [0, 0.05) is 31.6 Å². The molecule has 0 radical (unpaired) electrons. The van der Waals surface area contributed by atoms with E-state index in [9.17, 15) is 13.2 Å². The highest BCUT2D eigenvalue weighted by molar-refractivity contribution is 7.92. The van der Waals surface area contributed by atoms with Crippen LogP contribution in [0.3, 0.4) is 0 Å². The second kappa shape index (κ2) is 7.25. The molecule has 1 aliphatic rings. The molecule has 3 rings (SSSR count). The molecule has 2 aromatic rings. The fraction of sp³-hybridized carbons (Fsp3) is 0.278. The number of amides is 1. The van der Waals surface area contributed by atoms with Crippen LogP contribution in [0.2, 0.25) is 0 Å². The van der Waals surface area contributed by atoms with Crippen LogP contribution in [-0.4, -0.2) is 49.7 Å². The van der Waals surface area contributed by atoms with Gasteiger partial charge in [-0.1, -0.05) is 30.3 Å². The Kier molecular flexibility index (Phi) is 5.06. The standard InChI is InChI=1S/C18H20N2O4S/c1-15-7-8-17(24-15)18(21)19-10-12-20(13-11-19)25(22,23)14-9-16-5-3-2-4-6-16/h2-9,14H,10-13H2,1H3/b14-9+. The smallest absolute Gasteiger partial charge is 0.289 e. The Morgan fingerprint density at radius 2 is 1.72 bits per heavy atom. The molecule has 6 nitrogen and oxygen atoms in total. The maximum atomic E-state index is 12.4. The van der Waals surface area contributed by atoms with Crippen molar-refractivity contribution in [3.8, 4) is 0 Å². The largest absolute Gasteiger partial charge is 0.456 e. The van der Waals surface area contributed by atoms with E-state index in [-0.39, 0.29) is 24.8 Å². The Morgan fingerprint density at radius 1 is 1.04 bits per heavy atom.